The predicted molar refractivity (Wildman–Crippen MR) is 56.6 cm³/mol. The van der Waals surface area contributed by atoms with Gasteiger partial charge < -0.3 is 14.8 Å². The minimum Gasteiger partial charge on any atom is -0.477 e. The summed E-state index contributed by atoms with van der Waals surface area (Å²) in [6, 6.07) is 1.39. The number of hydrogen-bond donors (Lipinski definition) is 2. The SMILES string of the molecule is CC1(C)Cc2[nH]c(=O)c(C(=O)O)cc2CO1. The molecule has 5 heteroatoms. The first kappa shape index (κ1) is 10.9. The van der Waals surface area contributed by atoms with Gasteiger partial charge in [0.2, 0.25) is 0 Å². The molecule has 0 fully saturated rings. The first-order chi connectivity index (χ1) is 7.39. The van der Waals surface area contributed by atoms with Gasteiger partial charge in [-0.25, -0.2) is 4.79 Å². The summed E-state index contributed by atoms with van der Waals surface area (Å²) in [5, 5.41) is 8.81. The Morgan fingerprint density at radius 3 is 2.88 bits per heavy atom. The molecule has 2 N–H and O–H groups in total. The van der Waals surface area contributed by atoms with Gasteiger partial charge in [-0.3, -0.25) is 4.79 Å². The van der Waals surface area contributed by atoms with Gasteiger partial charge >= 0.3 is 5.97 Å². The number of aromatic nitrogens is 1. The number of carboxylic acid groups (broad SMARTS) is 1. The number of H-pyrrole nitrogens is 1. The van der Waals surface area contributed by atoms with Crippen LogP contribution in [0.4, 0.5) is 0 Å². The molecule has 0 radical (unpaired) electrons. The number of nitrogens with one attached hydrogen (secondary N) is 1. The maximum absolute atomic E-state index is 11.5. The van der Waals surface area contributed by atoms with Crippen LogP contribution in [-0.4, -0.2) is 21.7 Å². The lowest BCUT2D eigenvalue weighted by Crippen LogP contribution is -2.34. The zero-order valence-electron chi connectivity index (χ0n) is 9.16. The largest absolute Gasteiger partial charge is 0.477 e. The lowest BCUT2D eigenvalue weighted by molar-refractivity contribution is -0.0414. The van der Waals surface area contributed by atoms with E-state index in [1.54, 1.807) is 0 Å². The molecular formula is C11H13NO4. The van der Waals surface area contributed by atoms with E-state index >= 15 is 0 Å². The third-order valence-corrected chi connectivity index (χ3v) is 2.67. The molecule has 1 aliphatic rings. The van der Waals surface area contributed by atoms with Crippen LogP contribution in [-0.2, 0) is 17.8 Å². The Bertz CT molecular complexity index is 501. The van der Waals surface area contributed by atoms with Gasteiger partial charge in [-0.1, -0.05) is 0 Å². The second-order valence-electron chi connectivity index (χ2n) is 4.55. The van der Waals surface area contributed by atoms with Crippen LogP contribution in [0.15, 0.2) is 10.9 Å². The second-order valence-corrected chi connectivity index (χ2v) is 4.55. The maximum atomic E-state index is 11.5. The number of fused-ring (bicyclic) bond motifs is 1. The molecule has 0 bridgehead atoms. The standard InChI is InChI=1S/C11H13NO4/c1-11(2)4-8-6(5-16-11)3-7(10(14)15)9(13)12-8/h3H,4-5H2,1-2H3,(H,12,13)(H,14,15). The molecule has 86 valence electrons. The minimum atomic E-state index is -1.21. The number of carbonyl (C=O) groups is 1. The van der Waals surface area contributed by atoms with Crippen LogP contribution in [0.5, 0.6) is 0 Å². The first-order valence-corrected chi connectivity index (χ1v) is 5.01. The third-order valence-electron chi connectivity index (χ3n) is 2.67. The fourth-order valence-electron chi connectivity index (χ4n) is 1.81. The number of aromatic amines is 1. The monoisotopic (exact) mass is 223 g/mol. The number of aromatic carboxylic acids is 1. The molecule has 0 unspecified atom stereocenters. The van der Waals surface area contributed by atoms with Gasteiger partial charge in [0.05, 0.1) is 12.2 Å². The average Bonchev–Trinajstić information content (AvgIpc) is 2.14. The quantitative estimate of drug-likeness (QED) is 0.742. The zero-order valence-corrected chi connectivity index (χ0v) is 9.16. The summed E-state index contributed by atoms with van der Waals surface area (Å²) < 4.78 is 5.55. The van der Waals surface area contributed by atoms with E-state index in [1.165, 1.54) is 6.07 Å². The molecular weight excluding hydrogens is 210 g/mol. The summed E-state index contributed by atoms with van der Waals surface area (Å²) in [6.07, 6.45) is 0.581. The van der Waals surface area contributed by atoms with Crippen LogP contribution in [0.2, 0.25) is 0 Å². The molecule has 0 saturated heterocycles. The van der Waals surface area contributed by atoms with E-state index in [-0.39, 0.29) is 11.2 Å². The normalized spacial score (nSPS) is 17.9. The second kappa shape index (κ2) is 3.45. The molecule has 0 saturated carbocycles. The van der Waals surface area contributed by atoms with Gasteiger partial charge in [0.25, 0.3) is 5.56 Å². The summed E-state index contributed by atoms with van der Waals surface area (Å²) in [6.45, 7) is 4.19. The highest BCUT2D eigenvalue weighted by atomic mass is 16.5. The van der Waals surface area contributed by atoms with Crippen LogP contribution < -0.4 is 5.56 Å². The molecule has 2 heterocycles. The molecule has 0 amide bonds. The van der Waals surface area contributed by atoms with Crippen molar-refractivity contribution in [3.63, 3.8) is 0 Å². The summed E-state index contributed by atoms with van der Waals surface area (Å²) >= 11 is 0. The highest BCUT2D eigenvalue weighted by Crippen LogP contribution is 2.25. The highest BCUT2D eigenvalue weighted by molar-refractivity contribution is 5.87. The summed E-state index contributed by atoms with van der Waals surface area (Å²) in [4.78, 5) is 24.9. The van der Waals surface area contributed by atoms with Crippen molar-refractivity contribution in [3.8, 4) is 0 Å². The minimum absolute atomic E-state index is 0.234. The lowest BCUT2D eigenvalue weighted by atomic mass is 9.95. The summed E-state index contributed by atoms with van der Waals surface area (Å²) in [5.41, 5.74) is 0.411. The smallest absolute Gasteiger partial charge is 0.341 e. The Balaban J connectivity index is 2.51. The van der Waals surface area contributed by atoms with Gasteiger partial charge in [0.15, 0.2) is 0 Å². The number of rotatable bonds is 1. The van der Waals surface area contributed by atoms with Crippen LogP contribution in [0.25, 0.3) is 0 Å². The summed E-state index contributed by atoms with van der Waals surface area (Å²) in [7, 11) is 0. The van der Waals surface area contributed by atoms with Gasteiger partial charge in [0.1, 0.15) is 5.56 Å². The van der Waals surface area contributed by atoms with Crippen LogP contribution in [0, 0.1) is 0 Å². The molecule has 1 aromatic heterocycles. The Labute approximate surface area is 92.1 Å². The molecule has 0 spiro atoms. The van der Waals surface area contributed by atoms with E-state index in [0.29, 0.717) is 13.0 Å². The highest BCUT2D eigenvalue weighted by Gasteiger charge is 2.27. The molecule has 1 aliphatic heterocycles. The van der Waals surface area contributed by atoms with E-state index in [2.05, 4.69) is 4.98 Å². The Morgan fingerprint density at radius 2 is 2.25 bits per heavy atom. The van der Waals surface area contributed by atoms with Gasteiger partial charge in [-0.2, -0.15) is 0 Å². The van der Waals surface area contributed by atoms with Gasteiger partial charge in [-0.05, 0) is 25.5 Å². The zero-order chi connectivity index (χ0) is 11.9. The van der Waals surface area contributed by atoms with Crippen molar-refractivity contribution in [2.24, 2.45) is 0 Å². The number of hydrogen-bond acceptors (Lipinski definition) is 3. The van der Waals surface area contributed by atoms with Gasteiger partial charge in [0, 0.05) is 12.1 Å². The van der Waals surface area contributed by atoms with Crippen molar-refractivity contribution < 1.29 is 14.6 Å². The van der Waals surface area contributed by atoms with Crippen molar-refractivity contribution >= 4 is 5.97 Å². The topological polar surface area (TPSA) is 79.4 Å². The lowest BCUT2D eigenvalue weighted by Gasteiger charge is -2.31. The molecule has 5 nitrogen and oxygen atoms in total. The van der Waals surface area contributed by atoms with Crippen molar-refractivity contribution in [1.82, 2.24) is 4.98 Å². The van der Waals surface area contributed by atoms with Crippen LogP contribution in [0.3, 0.4) is 0 Å². The Hall–Kier alpha value is -1.62. The third kappa shape index (κ3) is 1.86. The molecule has 0 aromatic carbocycles. The van der Waals surface area contributed by atoms with Crippen molar-refractivity contribution in [1.29, 1.82) is 0 Å². The van der Waals surface area contributed by atoms with Crippen LogP contribution in [0.1, 0.15) is 35.5 Å². The van der Waals surface area contributed by atoms with E-state index in [0.717, 1.165) is 11.3 Å². The predicted octanol–water partition coefficient (Wildman–Crippen LogP) is 0.924. The molecule has 1 aromatic rings. The first-order valence-electron chi connectivity index (χ1n) is 5.01. The Kier molecular flexibility index (Phi) is 2.35. The number of pyridine rings is 1. The summed E-state index contributed by atoms with van der Waals surface area (Å²) in [5.74, 6) is -1.21. The number of carboxylic acids is 1. The van der Waals surface area contributed by atoms with Crippen molar-refractivity contribution in [2.45, 2.75) is 32.5 Å². The van der Waals surface area contributed by atoms with E-state index in [1.807, 2.05) is 13.8 Å². The van der Waals surface area contributed by atoms with E-state index in [4.69, 9.17) is 9.84 Å². The van der Waals surface area contributed by atoms with E-state index < -0.39 is 11.5 Å². The number of ether oxygens (including phenoxy) is 1. The van der Waals surface area contributed by atoms with E-state index in [9.17, 15) is 9.59 Å². The van der Waals surface area contributed by atoms with Crippen LogP contribution >= 0.6 is 0 Å². The molecule has 0 aliphatic carbocycles. The van der Waals surface area contributed by atoms with Crippen molar-refractivity contribution in [3.05, 3.63) is 33.2 Å². The van der Waals surface area contributed by atoms with Crippen molar-refractivity contribution in [2.75, 3.05) is 0 Å². The molecule has 0 atom stereocenters. The Morgan fingerprint density at radius 1 is 1.56 bits per heavy atom. The fraction of sp³-hybridized carbons (Fsp3) is 0.455. The molecule has 16 heavy (non-hydrogen) atoms. The maximum Gasteiger partial charge on any atom is 0.341 e. The average molecular weight is 223 g/mol. The molecule has 2 rings (SSSR count). The van der Waals surface area contributed by atoms with Gasteiger partial charge in [-0.15, -0.1) is 0 Å². The fourth-order valence-corrected chi connectivity index (χ4v) is 1.81.